The van der Waals surface area contributed by atoms with E-state index in [1.54, 1.807) is 12.1 Å². The summed E-state index contributed by atoms with van der Waals surface area (Å²) in [5, 5.41) is 11.5. The fourth-order valence-corrected chi connectivity index (χ4v) is 1.88. The molecule has 5 heteroatoms. The Morgan fingerprint density at radius 1 is 1.19 bits per heavy atom. The highest BCUT2D eigenvalue weighted by molar-refractivity contribution is 5.70. The molecule has 0 aliphatic heterocycles. The van der Waals surface area contributed by atoms with E-state index in [4.69, 9.17) is 9.84 Å². The van der Waals surface area contributed by atoms with E-state index in [1.165, 1.54) is 0 Å². The fourth-order valence-electron chi connectivity index (χ4n) is 1.88. The van der Waals surface area contributed by atoms with Crippen LogP contribution in [0.25, 0.3) is 0 Å². The molecule has 1 aromatic rings. The van der Waals surface area contributed by atoms with E-state index in [0.29, 0.717) is 6.42 Å². The molecule has 0 radical (unpaired) electrons. The molecular weight excluding hydrogens is 270 g/mol. The molecule has 0 spiro atoms. The number of aliphatic carboxylic acids is 1. The summed E-state index contributed by atoms with van der Waals surface area (Å²) in [4.78, 5) is 22.2. The van der Waals surface area contributed by atoms with Gasteiger partial charge in [0, 0.05) is 6.04 Å². The van der Waals surface area contributed by atoms with Crippen LogP contribution in [0.3, 0.4) is 0 Å². The van der Waals surface area contributed by atoms with Crippen LogP contribution in [0, 0.1) is 0 Å². The van der Waals surface area contributed by atoms with Crippen molar-refractivity contribution in [2.24, 2.45) is 0 Å². The summed E-state index contributed by atoms with van der Waals surface area (Å²) < 4.78 is 5.19. The SMILES string of the molecule is CC(Cc1ccc(CC(=O)O)cc1)NC(=O)OC(C)(C)C. The van der Waals surface area contributed by atoms with E-state index in [2.05, 4.69) is 5.32 Å². The second-order valence-corrected chi connectivity index (χ2v) is 6.14. The Morgan fingerprint density at radius 2 is 1.71 bits per heavy atom. The van der Waals surface area contributed by atoms with E-state index in [0.717, 1.165) is 11.1 Å². The maximum absolute atomic E-state index is 11.6. The van der Waals surface area contributed by atoms with Gasteiger partial charge < -0.3 is 15.2 Å². The highest BCUT2D eigenvalue weighted by Gasteiger charge is 2.17. The zero-order valence-electron chi connectivity index (χ0n) is 13.0. The molecule has 2 N–H and O–H groups in total. The number of carboxylic acids is 1. The molecule has 0 fully saturated rings. The summed E-state index contributed by atoms with van der Waals surface area (Å²) in [6, 6.07) is 7.29. The van der Waals surface area contributed by atoms with Crippen molar-refractivity contribution in [1.29, 1.82) is 0 Å². The summed E-state index contributed by atoms with van der Waals surface area (Å²) in [5.74, 6) is -0.845. The first-order valence-corrected chi connectivity index (χ1v) is 6.95. The van der Waals surface area contributed by atoms with Gasteiger partial charge in [0.25, 0.3) is 0 Å². The van der Waals surface area contributed by atoms with Crippen LogP contribution < -0.4 is 5.32 Å². The van der Waals surface area contributed by atoms with Crippen molar-refractivity contribution in [2.45, 2.75) is 52.2 Å². The number of alkyl carbamates (subject to hydrolysis) is 1. The van der Waals surface area contributed by atoms with Gasteiger partial charge in [-0.15, -0.1) is 0 Å². The van der Waals surface area contributed by atoms with E-state index in [1.807, 2.05) is 39.8 Å². The van der Waals surface area contributed by atoms with Crippen molar-refractivity contribution in [3.63, 3.8) is 0 Å². The molecule has 116 valence electrons. The number of carbonyl (C=O) groups is 2. The van der Waals surface area contributed by atoms with Crippen LogP contribution in [-0.4, -0.2) is 28.8 Å². The molecule has 1 atom stereocenters. The van der Waals surface area contributed by atoms with Crippen molar-refractivity contribution >= 4 is 12.1 Å². The first-order chi connectivity index (χ1) is 9.65. The standard InChI is InChI=1S/C16H23NO4/c1-11(17-15(20)21-16(2,3)4)9-12-5-7-13(8-6-12)10-14(18)19/h5-8,11H,9-10H2,1-4H3,(H,17,20)(H,18,19). The highest BCUT2D eigenvalue weighted by Crippen LogP contribution is 2.10. The van der Waals surface area contributed by atoms with Crippen molar-refractivity contribution in [3.8, 4) is 0 Å². The number of benzene rings is 1. The minimum atomic E-state index is -0.845. The van der Waals surface area contributed by atoms with Crippen LogP contribution in [-0.2, 0) is 22.4 Å². The zero-order valence-corrected chi connectivity index (χ0v) is 13.0. The Kier molecular flexibility index (Phi) is 5.76. The van der Waals surface area contributed by atoms with Crippen molar-refractivity contribution in [1.82, 2.24) is 5.32 Å². The Balaban J connectivity index is 2.49. The molecule has 1 unspecified atom stereocenters. The summed E-state index contributed by atoms with van der Waals surface area (Å²) in [6.45, 7) is 7.35. The van der Waals surface area contributed by atoms with Gasteiger partial charge in [-0.25, -0.2) is 4.79 Å². The fraction of sp³-hybridized carbons (Fsp3) is 0.500. The summed E-state index contributed by atoms with van der Waals surface area (Å²) >= 11 is 0. The quantitative estimate of drug-likeness (QED) is 0.875. The smallest absolute Gasteiger partial charge is 0.407 e. The third kappa shape index (κ3) is 7.34. The maximum atomic E-state index is 11.6. The number of carbonyl (C=O) groups excluding carboxylic acids is 1. The lowest BCUT2D eigenvalue weighted by Crippen LogP contribution is -2.38. The Morgan fingerprint density at radius 3 is 2.19 bits per heavy atom. The van der Waals surface area contributed by atoms with Crippen LogP contribution in [0.15, 0.2) is 24.3 Å². The van der Waals surface area contributed by atoms with E-state index < -0.39 is 17.7 Å². The van der Waals surface area contributed by atoms with Gasteiger partial charge in [0.2, 0.25) is 0 Å². The summed E-state index contributed by atoms with van der Waals surface area (Å²) in [7, 11) is 0. The Labute approximate surface area is 125 Å². The van der Waals surface area contributed by atoms with E-state index in [9.17, 15) is 9.59 Å². The van der Waals surface area contributed by atoms with Crippen molar-refractivity contribution in [3.05, 3.63) is 35.4 Å². The van der Waals surface area contributed by atoms with E-state index >= 15 is 0 Å². The molecule has 0 aromatic heterocycles. The van der Waals surface area contributed by atoms with Gasteiger partial charge in [0.05, 0.1) is 6.42 Å². The number of rotatable bonds is 5. The Hall–Kier alpha value is -2.04. The molecule has 0 aliphatic rings. The second-order valence-electron chi connectivity index (χ2n) is 6.14. The lowest BCUT2D eigenvalue weighted by molar-refractivity contribution is -0.136. The monoisotopic (exact) mass is 293 g/mol. The van der Waals surface area contributed by atoms with Crippen LogP contribution >= 0.6 is 0 Å². The number of ether oxygens (including phenoxy) is 1. The summed E-state index contributed by atoms with van der Waals surface area (Å²) in [5.41, 5.74) is 1.29. The number of nitrogens with one attached hydrogen (secondary N) is 1. The molecule has 21 heavy (non-hydrogen) atoms. The molecule has 1 aromatic carbocycles. The molecule has 0 saturated heterocycles. The Bertz CT molecular complexity index is 488. The summed E-state index contributed by atoms with van der Waals surface area (Å²) in [6.07, 6.45) is 0.246. The van der Waals surface area contributed by atoms with Gasteiger partial charge in [0.15, 0.2) is 0 Å². The first kappa shape index (κ1) is 17.0. The van der Waals surface area contributed by atoms with Crippen LogP contribution in [0.5, 0.6) is 0 Å². The number of hydrogen-bond acceptors (Lipinski definition) is 3. The molecule has 5 nitrogen and oxygen atoms in total. The van der Waals surface area contributed by atoms with Gasteiger partial charge in [-0.3, -0.25) is 4.79 Å². The number of amides is 1. The second kappa shape index (κ2) is 7.11. The molecule has 0 saturated carbocycles. The third-order valence-electron chi connectivity index (χ3n) is 2.68. The highest BCUT2D eigenvalue weighted by atomic mass is 16.6. The van der Waals surface area contributed by atoms with Gasteiger partial charge in [-0.2, -0.15) is 0 Å². The van der Waals surface area contributed by atoms with Gasteiger partial charge >= 0.3 is 12.1 Å². The van der Waals surface area contributed by atoms with Gasteiger partial charge in [-0.1, -0.05) is 24.3 Å². The zero-order chi connectivity index (χ0) is 16.0. The van der Waals surface area contributed by atoms with Crippen molar-refractivity contribution in [2.75, 3.05) is 0 Å². The normalized spacial score (nSPS) is 12.6. The average Bonchev–Trinajstić information content (AvgIpc) is 2.28. The molecule has 0 heterocycles. The van der Waals surface area contributed by atoms with Gasteiger partial charge in [0.1, 0.15) is 5.60 Å². The molecular formula is C16H23NO4. The first-order valence-electron chi connectivity index (χ1n) is 6.95. The lowest BCUT2D eigenvalue weighted by atomic mass is 10.0. The minimum absolute atomic E-state index is 0.0198. The molecule has 1 rings (SSSR count). The van der Waals surface area contributed by atoms with E-state index in [-0.39, 0.29) is 12.5 Å². The number of carboxylic acid groups (broad SMARTS) is 1. The predicted molar refractivity (Wildman–Crippen MR) is 80.3 cm³/mol. The predicted octanol–water partition coefficient (Wildman–Crippen LogP) is 2.77. The maximum Gasteiger partial charge on any atom is 0.407 e. The molecule has 0 aliphatic carbocycles. The number of hydrogen-bond donors (Lipinski definition) is 2. The third-order valence-corrected chi connectivity index (χ3v) is 2.68. The lowest BCUT2D eigenvalue weighted by Gasteiger charge is -2.22. The van der Waals surface area contributed by atoms with Crippen LogP contribution in [0.4, 0.5) is 4.79 Å². The minimum Gasteiger partial charge on any atom is -0.481 e. The largest absolute Gasteiger partial charge is 0.481 e. The van der Waals surface area contributed by atoms with Crippen LogP contribution in [0.2, 0.25) is 0 Å². The van der Waals surface area contributed by atoms with Crippen LogP contribution in [0.1, 0.15) is 38.8 Å². The molecule has 0 bridgehead atoms. The van der Waals surface area contributed by atoms with Gasteiger partial charge in [-0.05, 0) is 45.2 Å². The van der Waals surface area contributed by atoms with Crippen molar-refractivity contribution < 1.29 is 19.4 Å². The topological polar surface area (TPSA) is 75.6 Å². The molecule has 1 amide bonds. The average molecular weight is 293 g/mol.